The van der Waals surface area contributed by atoms with Gasteiger partial charge in [0.2, 0.25) is 0 Å². The van der Waals surface area contributed by atoms with Crippen molar-refractivity contribution in [2.45, 2.75) is 180 Å². The number of nitrogens with zero attached hydrogens (tertiary/aromatic N) is 4. The number of hydrogen-bond donors (Lipinski definition) is 0. The van der Waals surface area contributed by atoms with Crippen LogP contribution in [-0.2, 0) is 0 Å². The zero-order valence-electron chi connectivity index (χ0n) is 38.2. The van der Waals surface area contributed by atoms with E-state index in [4.69, 9.17) is 0 Å². The Morgan fingerprint density at radius 3 is 1.37 bits per heavy atom. The molecule has 0 spiro atoms. The van der Waals surface area contributed by atoms with Crippen molar-refractivity contribution >= 4 is 0 Å². The molecule has 4 nitrogen and oxygen atoms in total. The highest BCUT2D eigenvalue weighted by atomic mass is 15.2. The van der Waals surface area contributed by atoms with E-state index >= 15 is 0 Å². The number of rotatable bonds is 9. The summed E-state index contributed by atoms with van der Waals surface area (Å²) in [6, 6.07) is 15.3. The first-order valence-corrected chi connectivity index (χ1v) is 22.3. The Morgan fingerprint density at radius 1 is 0.481 bits per heavy atom. The predicted molar refractivity (Wildman–Crippen MR) is 232 cm³/mol. The molecular formula is C48H92N4. The summed E-state index contributed by atoms with van der Waals surface area (Å²) in [5, 5.41) is 0. The largest absolute Gasteiger partial charge is 0.301 e. The lowest BCUT2D eigenvalue weighted by Gasteiger charge is -2.33. The van der Waals surface area contributed by atoms with Crippen molar-refractivity contribution in [2.24, 2.45) is 53.3 Å². The van der Waals surface area contributed by atoms with E-state index < -0.39 is 0 Å². The van der Waals surface area contributed by atoms with E-state index in [-0.39, 0.29) is 0 Å². The van der Waals surface area contributed by atoms with Crippen molar-refractivity contribution in [1.29, 1.82) is 0 Å². The maximum absolute atomic E-state index is 2.67. The molecule has 4 saturated heterocycles. The maximum atomic E-state index is 2.67. The second kappa shape index (κ2) is 22.6. The van der Waals surface area contributed by atoms with Gasteiger partial charge >= 0.3 is 0 Å². The van der Waals surface area contributed by atoms with Crippen LogP contribution in [0.4, 0.5) is 0 Å². The Kier molecular flexibility index (Phi) is 20.5. The molecule has 0 bridgehead atoms. The minimum atomic E-state index is 0.621. The van der Waals surface area contributed by atoms with E-state index in [1.54, 1.807) is 0 Å². The molecule has 0 saturated carbocycles. The van der Waals surface area contributed by atoms with Crippen LogP contribution in [-0.4, -0.2) is 89.1 Å². The molecule has 0 N–H and O–H groups in total. The fraction of sp³-hybridized carbons (Fsp3) is 0.875. The van der Waals surface area contributed by atoms with Crippen molar-refractivity contribution in [2.75, 3.05) is 39.3 Å². The van der Waals surface area contributed by atoms with Gasteiger partial charge in [0.05, 0.1) is 0 Å². The Bertz CT molecular complexity index is 997. The smallest absolute Gasteiger partial charge is 0.0381 e. The van der Waals surface area contributed by atoms with Gasteiger partial charge in [-0.3, -0.25) is 9.80 Å². The summed E-state index contributed by atoms with van der Waals surface area (Å²) in [6.07, 6.45) is 4.15. The standard InChI is InChI=1S/C16H25N.2C11H23N.C10H21N/c1-12(2)15-10-11-17(13(3)4)16(15)14-8-6-5-7-9-14;1-8(2)11-7-12(9(3)4)6-10(11)5;1-8(2)11-6-10(5)12(7-11)9(3)4;1-8(2)10-5-6-11(7-10)9(3)4/h5-9,12-13,15-16H,10-11H2,1-4H3;2*8-11H,6-7H2,1-5H3;8-10H,5-7H2,1-4H3. The van der Waals surface area contributed by atoms with Gasteiger partial charge in [0.15, 0.2) is 0 Å². The van der Waals surface area contributed by atoms with Gasteiger partial charge in [0.1, 0.15) is 0 Å². The highest BCUT2D eigenvalue weighted by Gasteiger charge is 2.38. The molecule has 5 rings (SSSR count). The van der Waals surface area contributed by atoms with Crippen molar-refractivity contribution in [3.05, 3.63) is 35.9 Å². The van der Waals surface area contributed by atoms with Gasteiger partial charge in [-0.15, -0.1) is 0 Å². The van der Waals surface area contributed by atoms with Crippen LogP contribution >= 0.6 is 0 Å². The molecule has 4 aliphatic rings. The van der Waals surface area contributed by atoms with Crippen LogP contribution in [0.5, 0.6) is 0 Å². The zero-order chi connectivity index (χ0) is 39.4. The summed E-state index contributed by atoms with van der Waals surface area (Å²) in [5.74, 6) is 7.86. The Labute approximate surface area is 327 Å². The Balaban J connectivity index is 0.000000244. The zero-order valence-corrected chi connectivity index (χ0v) is 38.2. The molecular weight excluding hydrogens is 633 g/mol. The van der Waals surface area contributed by atoms with Gasteiger partial charge in [-0.25, -0.2) is 0 Å². The molecule has 7 unspecified atom stereocenters. The highest BCUT2D eigenvalue weighted by molar-refractivity contribution is 5.21. The molecule has 1 aromatic carbocycles. The molecule has 52 heavy (non-hydrogen) atoms. The topological polar surface area (TPSA) is 13.0 Å². The molecule has 0 radical (unpaired) electrons. The first kappa shape index (κ1) is 47.2. The third-order valence-corrected chi connectivity index (χ3v) is 13.6. The molecule has 1 aromatic rings. The lowest BCUT2D eigenvalue weighted by atomic mass is 9.85. The van der Waals surface area contributed by atoms with Crippen LogP contribution in [0.1, 0.15) is 155 Å². The first-order chi connectivity index (χ1) is 24.3. The Hall–Kier alpha value is -0.940. The van der Waals surface area contributed by atoms with E-state index in [1.807, 2.05) is 0 Å². The molecule has 0 aromatic heterocycles. The Morgan fingerprint density at radius 2 is 1.02 bits per heavy atom. The molecule has 7 atom stereocenters. The van der Waals surface area contributed by atoms with Crippen LogP contribution in [0.15, 0.2) is 30.3 Å². The molecule has 4 aliphatic heterocycles. The fourth-order valence-electron chi connectivity index (χ4n) is 9.66. The maximum Gasteiger partial charge on any atom is 0.0381 e. The van der Waals surface area contributed by atoms with Crippen LogP contribution in [0.25, 0.3) is 0 Å². The van der Waals surface area contributed by atoms with Crippen molar-refractivity contribution in [3.63, 3.8) is 0 Å². The molecule has 4 heterocycles. The summed E-state index contributed by atoms with van der Waals surface area (Å²) in [7, 11) is 0. The molecule has 4 fully saturated rings. The van der Waals surface area contributed by atoms with Gasteiger partial charge in [-0.2, -0.15) is 0 Å². The monoisotopic (exact) mass is 725 g/mol. The van der Waals surface area contributed by atoms with Gasteiger partial charge in [-0.1, -0.05) is 92.6 Å². The third kappa shape index (κ3) is 14.3. The molecule has 0 aliphatic carbocycles. The minimum Gasteiger partial charge on any atom is -0.301 e. The SMILES string of the molecule is CC(C)C1CC(C)N(C(C)C)C1.CC(C)C1CCN(C(C)C)C1.CC(C)C1CCN(C(C)C)C1c1ccccc1.CC(C)C1CN(C(C)C)CC1C. The minimum absolute atomic E-state index is 0.621. The van der Waals surface area contributed by atoms with E-state index in [1.165, 1.54) is 64.1 Å². The lowest BCUT2D eigenvalue weighted by Crippen LogP contribution is -2.34. The predicted octanol–water partition coefficient (Wildman–Crippen LogP) is 11.9. The normalized spacial score (nSPS) is 29.2. The summed E-state index contributed by atoms with van der Waals surface area (Å²) in [5.41, 5.74) is 1.50. The van der Waals surface area contributed by atoms with Gasteiger partial charge in [0.25, 0.3) is 0 Å². The molecule has 304 valence electrons. The van der Waals surface area contributed by atoms with E-state index in [0.29, 0.717) is 12.1 Å². The van der Waals surface area contributed by atoms with Gasteiger partial charge in [0, 0.05) is 62.4 Å². The van der Waals surface area contributed by atoms with Crippen LogP contribution in [0, 0.1) is 53.3 Å². The summed E-state index contributed by atoms with van der Waals surface area (Å²) >= 11 is 0. The summed E-state index contributed by atoms with van der Waals surface area (Å²) in [6.45, 7) is 49.8. The quantitative estimate of drug-likeness (QED) is 0.251. The van der Waals surface area contributed by atoms with E-state index in [9.17, 15) is 0 Å². The third-order valence-electron chi connectivity index (χ3n) is 13.6. The summed E-state index contributed by atoms with van der Waals surface area (Å²) < 4.78 is 0. The lowest BCUT2D eigenvalue weighted by molar-refractivity contribution is 0.166. The molecule has 0 amide bonds. The van der Waals surface area contributed by atoms with E-state index in [2.05, 4.69) is 175 Å². The van der Waals surface area contributed by atoms with E-state index in [0.717, 1.165) is 77.4 Å². The first-order valence-electron chi connectivity index (χ1n) is 22.3. The highest BCUT2D eigenvalue weighted by Crippen LogP contribution is 2.42. The molecule has 4 heteroatoms. The van der Waals surface area contributed by atoms with Crippen LogP contribution < -0.4 is 0 Å². The average Bonchev–Trinajstić information content (AvgIpc) is 3.87. The summed E-state index contributed by atoms with van der Waals surface area (Å²) in [4.78, 5) is 10.5. The van der Waals surface area contributed by atoms with Gasteiger partial charge in [-0.05, 0) is 153 Å². The fourth-order valence-corrected chi connectivity index (χ4v) is 9.66. The number of benzene rings is 1. The van der Waals surface area contributed by atoms with Crippen molar-refractivity contribution in [1.82, 2.24) is 19.6 Å². The second-order valence-corrected chi connectivity index (χ2v) is 20.1. The van der Waals surface area contributed by atoms with Crippen LogP contribution in [0.2, 0.25) is 0 Å². The van der Waals surface area contributed by atoms with Crippen LogP contribution in [0.3, 0.4) is 0 Å². The van der Waals surface area contributed by atoms with Crippen molar-refractivity contribution < 1.29 is 0 Å². The van der Waals surface area contributed by atoms with Gasteiger partial charge < -0.3 is 9.80 Å². The number of hydrogen-bond acceptors (Lipinski definition) is 4. The van der Waals surface area contributed by atoms with Crippen molar-refractivity contribution in [3.8, 4) is 0 Å². The average molecular weight is 725 g/mol. The second-order valence-electron chi connectivity index (χ2n) is 20.1. The number of likely N-dealkylation sites (tertiary alicyclic amines) is 4.